The fraction of sp³-hybridized carbons (Fsp3) is 0.333. The second-order valence-electron chi connectivity index (χ2n) is 11.0. The number of pyridine rings is 1. The summed E-state index contributed by atoms with van der Waals surface area (Å²) < 4.78 is 66.7. The molecule has 2 bridgehead atoms. The van der Waals surface area contributed by atoms with Gasteiger partial charge >= 0.3 is 7.82 Å². The number of amides is 1. The van der Waals surface area contributed by atoms with Gasteiger partial charge in [0.1, 0.15) is 12.3 Å². The zero-order chi connectivity index (χ0) is 29.6. The summed E-state index contributed by atoms with van der Waals surface area (Å²) >= 11 is 1.34. The van der Waals surface area contributed by atoms with Crippen LogP contribution >= 0.6 is 19.6 Å². The van der Waals surface area contributed by atoms with Crippen LogP contribution in [0.4, 0.5) is 13.2 Å². The van der Waals surface area contributed by atoms with Crippen molar-refractivity contribution in [1.29, 1.82) is 0 Å². The third-order valence-electron chi connectivity index (χ3n) is 8.39. The quantitative estimate of drug-likeness (QED) is 0.311. The van der Waals surface area contributed by atoms with E-state index in [9.17, 15) is 22.9 Å². The molecule has 0 spiro atoms. The lowest BCUT2D eigenvalue weighted by Crippen LogP contribution is -2.79. The number of benzene rings is 2. The smallest absolute Gasteiger partial charge is 0.460 e. The van der Waals surface area contributed by atoms with E-state index >= 15 is 4.39 Å². The monoisotopic (exact) mass is 621 g/mol. The molecule has 10 nitrogen and oxygen atoms in total. The molecule has 1 amide bonds. The Bertz CT molecular complexity index is 1750. The van der Waals surface area contributed by atoms with Gasteiger partial charge in [-0.3, -0.25) is 19.3 Å². The maximum atomic E-state index is 15.3. The topological polar surface area (TPSA) is 122 Å². The largest absolute Gasteiger partial charge is 0.472 e. The van der Waals surface area contributed by atoms with Crippen LogP contribution in [0.25, 0.3) is 0 Å². The lowest BCUT2D eigenvalue weighted by molar-refractivity contribution is -0.214. The van der Waals surface area contributed by atoms with Gasteiger partial charge in [0.05, 0.1) is 11.6 Å². The zero-order valence-electron chi connectivity index (χ0n) is 21.7. The third kappa shape index (κ3) is 4.19. The van der Waals surface area contributed by atoms with Crippen LogP contribution in [0.15, 0.2) is 58.4 Å². The molecule has 42 heavy (non-hydrogen) atoms. The Balaban J connectivity index is 1.42. The second-order valence-corrected chi connectivity index (χ2v) is 13.2. The molecule has 3 aliphatic carbocycles. The summed E-state index contributed by atoms with van der Waals surface area (Å²) in [5.74, 6) is -3.00. The number of fused-ring (bicyclic) bond motifs is 3. The van der Waals surface area contributed by atoms with Crippen LogP contribution in [0.2, 0.25) is 0 Å². The molecule has 3 saturated carbocycles. The number of ether oxygens (including phenoxy) is 1. The predicted molar refractivity (Wildman–Crippen MR) is 143 cm³/mol. The van der Waals surface area contributed by atoms with Crippen LogP contribution in [0.3, 0.4) is 0 Å². The molecule has 1 aromatic heterocycles. The van der Waals surface area contributed by atoms with Crippen molar-refractivity contribution in [2.75, 3.05) is 18.5 Å². The molecule has 0 saturated heterocycles. The van der Waals surface area contributed by atoms with E-state index in [0.717, 1.165) is 22.6 Å². The summed E-state index contributed by atoms with van der Waals surface area (Å²) in [7, 11) is -4.97. The number of rotatable bonds is 6. The number of hydrogen-bond donors (Lipinski definition) is 2. The average molecular weight is 622 g/mol. The molecular formula is C27H23F3N3O7PS. The number of halogens is 3. The summed E-state index contributed by atoms with van der Waals surface area (Å²) in [5.41, 5.74) is -1.87. The number of phosphoric acid groups is 1. The van der Waals surface area contributed by atoms with E-state index in [1.807, 2.05) is 18.2 Å². The molecule has 0 radical (unpaired) electrons. The molecular weight excluding hydrogens is 598 g/mol. The molecule has 220 valence electrons. The molecule has 3 aromatic rings. The van der Waals surface area contributed by atoms with Gasteiger partial charge in [0, 0.05) is 47.7 Å². The summed E-state index contributed by atoms with van der Waals surface area (Å²) in [5, 5.41) is 1.71. The van der Waals surface area contributed by atoms with Crippen LogP contribution in [-0.2, 0) is 14.8 Å². The molecule has 3 heterocycles. The fourth-order valence-corrected chi connectivity index (χ4v) is 7.88. The number of alkyl halides is 1. The minimum absolute atomic E-state index is 0.0781. The zero-order valence-corrected chi connectivity index (χ0v) is 23.4. The first-order chi connectivity index (χ1) is 19.9. The van der Waals surface area contributed by atoms with Gasteiger partial charge in [0.25, 0.3) is 5.91 Å². The molecule has 15 heteroatoms. The highest BCUT2D eigenvalue weighted by molar-refractivity contribution is 7.98. The minimum atomic E-state index is -4.97. The standard InChI is InChI=1S/C27H23F3N3O7PS/c28-18-6-5-15-17(21(18)29)9-42-20-4-2-1-3-16(20)22(15)33-13-31(27-10-26(30,11-27)12-27)25(35)23-24(19(34)7-8-32(23)33)39-14-40-41(36,37)38/h1-8,22H,9-14H2,(H2,36,37,38)/t22-,26?,27?/m0/s1. The van der Waals surface area contributed by atoms with Crippen molar-refractivity contribution < 1.29 is 41.6 Å². The summed E-state index contributed by atoms with van der Waals surface area (Å²) in [6, 6.07) is 10.2. The second kappa shape index (κ2) is 9.35. The van der Waals surface area contributed by atoms with Gasteiger partial charge in [-0.1, -0.05) is 24.3 Å². The lowest BCUT2D eigenvalue weighted by atomic mass is 9.46. The Kier molecular flexibility index (Phi) is 6.13. The van der Waals surface area contributed by atoms with Crippen molar-refractivity contribution in [3.8, 4) is 5.75 Å². The van der Waals surface area contributed by atoms with Crippen LogP contribution in [0.5, 0.6) is 5.75 Å². The molecule has 3 fully saturated rings. The highest BCUT2D eigenvalue weighted by Crippen LogP contribution is 2.66. The van der Waals surface area contributed by atoms with Gasteiger partial charge < -0.3 is 19.4 Å². The third-order valence-corrected chi connectivity index (χ3v) is 9.95. The molecule has 1 atom stereocenters. The first kappa shape index (κ1) is 27.5. The highest BCUT2D eigenvalue weighted by Gasteiger charge is 2.73. The molecule has 2 aromatic carbocycles. The van der Waals surface area contributed by atoms with Crippen LogP contribution in [0.1, 0.15) is 52.5 Å². The Labute approximate surface area is 240 Å². The van der Waals surface area contributed by atoms with Crippen molar-refractivity contribution in [3.05, 3.63) is 92.9 Å². The summed E-state index contributed by atoms with van der Waals surface area (Å²) in [6.45, 7) is -1.11. The summed E-state index contributed by atoms with van der Waals surface area (Å²) in [6.07, 6.45) is 1.69. The number of hydrogen-bond acceptors (Lipinski definition) is 7. The number of phosphoric ester groups is 1. The van der Waals surface area contributed by atoms with Crippen LogP contribution in [-0.4, -0.2) is 49.9 Å². The van der Waals surface area contributed by atoms with E-state index in [2.05, 4.69) is 4.52 Å². The van der Waals surface area contributed by atoms with Gasteiger partial charge in [-0.25, -0.2) is 22.3 Å². The van der Waals surface area contributed by atoms with Gasteiger partial charge in [-0.15, -0.1) is 11.8 Å². The van der Waals surface area contributed by atoms with Gasteiger partial charge in [-0.2, -0.15) is 0 Å². The maximum absolute atomic E-state index is 15.3. The molecule has 0 unspecified atom stereocenters. The highest BCUT2D eigenvalue weighted by atomic mass is 32.2. The lowest BCUT2D eigenvalue weighted by Gasteiger charge is -2.70. The average Bonchev–Trinajstić information content (AvgIpc) is 3.07. The number of aromatic nitrogens is 1. The van der Waals surface area contributed by atoms with Gasteiger partial charge in [0.2, 0.25) is 18.0 Å². The van der Waals surface area contributed by atoms with Crippen LogP contribution < -0.4 is 15.2 Å². The van der Waals surface area contributed by atoms with Crippen molar-refractivity contribution in [2.45, 2.75) is 47.2 Å². The van der Waals surface area contributed by atoms with Crippen molar-refractivity contribution >= 4 is 25.5 Å². The Morgan fingerprint density at radius 3 is 2.50 bits per heavy atom. The van der Waals surface area contributed by atoms with Gasteiger partial charge in [0.15, 0.2) is 17.3 Å². The number of carbonyl (C=O) groups is 1. The Hall–Kier alpha value is -3.29. The molecule has 8 rings (SSSR count). The fourth-order valence-electron chi connectivity index (χ4n) is 6.58. The van der Waals surface area contributed by atoms with Gasteiger partial charge in [-0.05, 0) is 23.3 Å². The van der Waals surface area contributed by atoms with Crippen LogP contribution in [0, 0.1) is 11.6 Å². The number of nitrogens with zero attached hydrogens (tertiary/aromatic N) is 3. The van der Waals surface area contributed by atoms with E-state index < -0.39 is 60.6 Å². The van der Waals surface area contributed by atoms with E-state index in [1.54, 1.807) is 11.1 Å². The SMILES string of the molecule is O=C1c2c(OCOP(=O)(O)O)c(=O)ccn2N([C@@H]2c3ccccc3SCc3c2ccc(F)c3F)CN1C12CC(F)(C1)C2. The van der Waals surface area contributed by atoms with Crippen molar-refractivity contribution in [1.82, 2.24) is 9.58 Å². The van der Waals surface area contributed by atoms with Crippen molar-refractivity contribution in [2.24, 2.45) is 0 Å². The molecule has 2 N–H and O–H groups in total. The molecule has 5 aliphatic rings. The number of carbonyl (C=O) groups excluding carboxylic acids is 1. The molecule has 2 aliphatic heterocycles. The Morgan fingerprint density at radius 2 is 1.79 bits per heavy atom. The Morgan fingerprint density at radius 1 is 1.05 bits per heavy atom. The van der Waals surface area contributed by atoms with Crippen molar-refractivity contribution in [3.63, 3.8) is 0 Å². The predicted octanol–water partition coefficient (Wildman–Crippen LogP) is 3.96. The normalized spacial score (nSPS) is 25.9. The van der Waals surface area contributed by atoms with E-state index in [1.165, 1.54) is 33.6 Å². The first-order valence-corrected chi connectivity index (χ1v) is 15.5. The first-order valence-electron chi connectivity index (χ1n) is 12.9. The van der Waals surface area contributed by atoms with E-state index in [-0.39, 0.29) is 42.9 Å². The van der Waals surface area contributed by atoms with E-state index in [0.29, 0.717) is 5.56 Å². The number of thioether (sulfide) groups is 1. The summed E-state index contributed by atoms with van der Waals surface area (Å²) in [4.78, 5) is 47.5. The minimum Gasteiger partial charge on any atom is -0.460 e. The maximum Gasteiger partial charge on any atom is 0.472 e. The van der Waals surface area contributed by atoms with E-state index in [4.69, 9.17) is 14.5 Å².